The molecule has 1 fully saturated rings. The van der Waals surface area contributed by atoms with Gasteiger partial charge >= 0.3 is 6.61 Å². The Bertz CT molecular complexity index is 1560. The van der Waals surface area contributed by atoms with Crippen molar-refractivity contribution in [3.63, 3.8) is 0 Å². The van der Waals surface area contributed by atoms with Crippen molar-refractivity contribution in [3.8, 4) is 17.0 Å². The van der Waals surface area contributed by atoms with Crippen molar-refractivity contribution in [2.24, 2.45) is 0 Å². The van der Waals surface area contributed by atoms with Crippen LogP contribution in [0.1, 0.15) is 24.2 Å². The van der Waals surface area contributed by atoms with Crippen LogP contribution < -0.4 is 21.1 Å². The molecule has 0 unspecified atom stereocenters. The van der Waals surface area contributed by atoms with Crippen molar-refractivity contribution in [1.82, 2.24) is 34.6 Å². The fraction of sp³-hybridized carbons (Fsp3) is 0.320. The molecule has 5 rings (SSSR count). The molecule has 210 valence electrons. The number of nitrogen functional groups attached to an aromatic ring is 1. The third kappa shape index (κ3) is 5.67. The number of aromatic nitrogens is 5. The van der Waals surface area contributed by atoms with Crippen LogP contribution in [0.25, 0.3) is 16.9 Å². The van der Waals surface area contributed by atoms with Gasteiger partial charge in [0, 0.05) is 54.3 Å². The zero-order valence-electron chi connectivity index (χ0n) is 21.5. The largest absolute Gasteiger partial charge is 0.434 e. The lowest BCUT2D eigenvalue weighted by molar-refractivity contribution is -0.133. The van der Waals surface area contributed by atoms with E-state index in [1.165, 1.54) is 39.8 Å². The van der Waals surface area contributed by atoms with E-state index in [1.807, 2.05) is 13.8 Å². The molecule has 1 aromatic carbocycles. The Morgan fingerprint density at radius 2 is 2.00 bits per heavy atom. The molecule has 0 radical (unpaired) electrons. The van der Waals surface area contributed by atoms with Crippen LogP contribution in [0.15, 0.2) is 42.9 Å². The molecule has 0 bridgehead atoms. The van der Waals surface area contributed by atoms with Gasteiger partial charge in [-0.3, -0.25) is 14.3 Å². The summed E-state index contributed by atoms with van der Waals surface area (Å²) in [6, 6.07) is 5.90. The number of carbonyl (C=O) groups is 2. The van der Waals surface area contributed by atoms with E-state index in [1.54, 1.807) is 17.2 Å². The molecule has 3 aromatic heterocycles. The van der Waals surface area contributed by atoms with E-state index in [-0.39, 0.29) is 69.3 Å². The lowest BCUT2D eigenvalue weighted by Crippen LogP contribution is -2.56. The van der Waals surface area contributed by atoms with Crippen molar-refractivity contribution >= 4 is 40.6 Å². The predicted octanol–water partition coefficient (Wildman–Crippen LogP) is 2.89. The lowest BCUT2D eigenvalue weighted by Gasteiger charge is -2.36. The number of rotatable bonds is 7. The number of amides is 2. The second kappa shape index (κ2) is 11.1. The number of alkyl halides is 2. The van der Waals surface area contributed by atoms with E-state index in [9.17, 15) is 18.4 Å². The number of nitrogens with zero attached hydrogens (tertiary/aromatic N) is 6. The van der Waals surface area contributed by atoms with Crippen molar-refractivity contribution in [2.45, 2.75) is 39.1 Å². The van der Waals surface area contributed by atoms with Crippen LogP contribution in [0, 0.1) is 0 Å². The predicted molar refractivity (Wildman–Crippen MR) is 143 cm³/mol. The Morgan fingerprint density at radius 3 is 2.73 bits per heavy atom. The van der Waals surface area contributed by atoms with Gasteiger partial charge in [-0.25, -0.2) is 9.50 Å². The van der Waals surface area contributed by atoms with Gasteiger partial charge in [-0.15, -0.1) is 5.10 Å². The Kier molecular flexibility index (Phi) is 7.54. The molecule has 40 heavy (non-hydrogen) atoms. The van der Waals surface area contributed by atoms with Crippen LogP contribution in [0.3, 0.4) is 0 Å². The number of benzene rings is 1. The summed E-state index contributed by atoms with van der Waals surface area (Å²) in [5.41, 5.74) is 6.48. The Morgan fingerprint density at radius 1 is 1.25 bits per heavy atom. The standard InChI is InChI=1S/C25H26ClF2N9O3/c1-13-9-35(10-14(2)31-13)19(38)12-36-11-17(21(33-36)16-8-15(26)4-5-18(16)40-25(27)28)32-24(39)20-22(29)34-37-7-3-6-30-23(20)37/h3-8,11,13-14,25,31H,9-10,12H2,1-2H3,(H2,29,34)(H,32,39)/t13-,14+. The van der Waals surface area contributed by atoms with Crippen molar-refractivity contribution in [1.29, 1.82) is 0 Å². The summed E-state index contributed by atoms with van der Waals surface area (Å²) in [5, 5.41) is 14.9. The maximum Gasteiger partial charge on any atom is 0.387 e. The molecule has 4 aromatic rings. The highest BCUT2D eigenvalue weighted by Crippen LogP contribution is 2.37. The van der Waals surface area contributed by atoms with Gasteiger partial charge in [0.05, 0.1) is 5.69 Å². The quantitative estimate of drug-likeness (QED) is 0.306. The van der Waals surface area contributed by atoms with Crippen LogP contribution in [0.5, 0.6) is 5.75 Å². The molecule has 4 heterocycles. The first-order valence-corrected chi connectivity index (χ1v) is 12.7. The number of hydrogen-bond donors (Lipinski definition) is 3. The first-order valence-electron chi connectivity index (χ1n) is 12.3. The summed E-state index contributed by atoms with van der Waals surface area (Å²) in [5.74, 6) is -1.14. The molecule has 1 aliphatic heterocycles. The lowest BCUT2D eigenvalue weighted by atomic mass is 10.1. The summed E-state index contributed by atoms with van der Waals surface area (Å²) in [6.45, 7) is 1.72. The van der Waals surface area contributed by atoms with Gasteiger partial charge in [-0.1, -0.05) is 11.6 Å². The summed E-state index contributed by atoms with van der Waals surface area (Å²) in [4.78, 5) is 32.4. The highest BCUT2D eigenvalue weighted by atomic mass is 35.5. The molecule has 15 heteroatoms. The monoisotopic (exact) mass is 573 g/mol. The number of nitrogens with one attached hydrogen (secondary N) is 2. The first kappa shape index (κ1) is 27.3. The Hall–Kier alpha value is -4.30. The number of piperazine rings is 1. The van der Waals surface area contributed by atoms with E-state index < -0.39 is 12.5 Å². The number of ether oxygens (including phenoxy) is 1. The van der Waals surface area contributed by atoms with Gasteiger partial charge < -0.3 is 26.0 Å². The van der Waals surface area contributed by atoms with Crippen LogP contribution in [-0.2, 0) is 11.3 Å². The maximum atomic E-state index is 13.4. The minimum atomic E-state index is -3.12. The molecular weight excluding hydrogens is 548 g/mol. The van der Waals surface area contributed by atoms with Gasteiger partial charge in [0.1, 0.15) is 23.6 Å². The number of carbonyl (C=O) groups excluding carboxylic acids is 2. The number of hydrogen-bond acceptors (Lipinski definition) is 8. The molecule has 1 saturated heterocycles. The van der Waals surface area contributed by atoms with E-state index >= 15 is 0 Å². The van der Waals surface area contributed by atoms with Crippen LogP contribution in [0.4, 0.5) is 20.3 Å². The van der Waals surface area contributed by atoms with E-state index in [0.29, 0.717) is 13.1 Å². The molecular formula is C25H26ClF2N9O3. The molecule has 12 nitrogen and oxygen atoms in total. The highest BCUT2D eigenvalue weighted by Gasteiger charge is 2.27. The van der Waals surface area contributed by atoms with E-state index in [4.69, 9.17) is 22.1 Å². The third-order valence-electron chi connectivity index (χ3n) is 6.28. The summed E-state index contributed by atoms with van der Waals surface area (Å²) < 4.78 is 33.8. The number of nitrogens with two attached hydrogens (primary N) is 1. The Labute approximate surface area is 232 Å². The van der Waals surface area contributed by atoms with E-state index in [2.05, 4.69) is 25.8 Å². The zero-order chi connectivity index (χ0) is 28.6. The second-order valence-corrected chi connectivity index (χ2v) is 9.91. The van der Waals surface area contributed by atoms with Crippen molar-refractivity contribution < 1.29 is 23.1 Å². The fourth-order valence-corrected chi connectivity index (χ4v) is 4.93. The maximum absolute atomic E-state index is 13.4. The minimum absolute atomic E-state index is 0.00863. The van der Waals surface area contributed by atoms with Crippen LogP contribution in [-0.4, -0.2) is 72.9 Å². The van der Waals surface area contributed by atoms with Gasteiger partial charge in [0.25, 0.3) is 5.91 Å². The summed E-state index contributed by atoms with van der Waals surface area (Å²) in [7, 11) is 0. The average Bonchev–Trinajstić information content (AvgIpc) is 3.43. The van der Waals surface area contributed by atoms with Gasteiger partial charge in [-0.2, -0.15) is 13.9 Å². The Balaban J connectivity index is 1.53. The second-order valence-electron chi connectivity index (χ2n) is 9.48. The zero-order valence-corrected chi connectivity index (χ0v) is 22.3. The van der Waals surface area contributed by atoms with Crippen LogP contribution >= 0.6 is 11.6 Å². The fourth-order valence-electron chi connectivity index (χ4n) is 4.75. The molecule has 2 amide bonds. The van der Waals surface area contributed by atoms with Crippen molar-refractivity contribution in [3.05, 3.63) is 53.4 Å². The molecule has 1 aliphatic rings. The molecule has 0 saturated carbocycles. The number of halogens is 3. The molecule has 0 spiro atoms. The number of anilines is 2. The minimum Gasteiger partial charge on any atom is -0.434 e. The van der Waals surface area contributed by atoms with Gasteiger partial charge in [0.15, 0.2) is 11.5 Å². The molecule has 4 N–H and O–H groups in total. The SMILES string of the molecule is C[C@@H]1CN(C(=O)Cn2cc(NC(=O)c3c(N)nn4cccnc34)c(-c3cc(Cl)ccc3OC(F)F)n2)C[C@H](C)N1. The van der Waals surface area contributed by atoms with E-state index in [0.717, 1.165) is 0 Å². The topological polar surface area (TPSA) is 145 Å². The average molecular weight is 574 g/mol. The normalized spacial score (nSPS) is 17.4. The molecule has 0 aliphatic carbocycles. The third-order valence-corrected chi connectivity index (χ3v) is 6.51. The van der Waals surface area contributed by atoms with Crippen molar-refractivity contribution in [2.75, 3.05) is 24.1 Å². The number of fused-ring (bicyclic) bond motifs is 1. The summed E-state index contributed by atoms with van der Waals surface area (Å²) >= 11 is 6.18. The summed E-state index contributed by atoms with van der Waals surface area (Å²) in [6.07, 6.45) is 4.50. The first-order chi connectivity index (χ1) is 19.1. The van der Waals surface area contributed by atoms with Gasteiger partial charge in [0.2, 0.25) is 5.91 Å². The highest BCUT2D eigenvalue weighted by molar-refractivity contribution is 6.31. The smallest absolute Gasteiger partial charge is 0.387 e. The van der Waals surface area contributed by atoms with Crippen LogP contribution in [0.2, 0.25) is 5.02 Å². The molecule has 2 atom stereocenters. The van der Waals surface area contributed by atoms with Gasteiger partial charge in [-0.05, 0) is 38.1 Å².